The average molecular weight is 219 g/mol. The van der Waals surface area contributed by atoms with Gasteiger partial charge in [-0.05, 0) is 6.92 Å². The second kappa shape index (κ2) is 2.81. The number of guanidine groups is 1. The van der Waals surface area contributed by atoms with Gasteiger partial charge in [0, 0.05) is 7.05 Å². The molecule has 2 unspecified atom stereocenters. The molecular formula is C6H11BrN4. The number of nitrogens with two attached hydrogens (primary N) is 1. The Hall–Kier alpha value is -0.580. The highest BCUT2D eigenvalue weighted by Crippen LogP contribution is 2.16. The lowest BCUT2D eigenvalue weighted by Crippen LogP contribution is -2.49. The van der Waals surface area contributed by atoms with Crippen LogP contribution in [0.5, 0.6) is 0 Å². The molecule has 0 spiro atoms. The molecule has 0 aromatic rings. The number of nitrogens with zero attached hydrogens (tertiary/aromatic N) is 2. The van der Waals surface area contributed by atoms with Crippen LogP contribution in [-0.2, 0) is 0 Å². The fraction of sp³-hybridized carbons (Fsp3) is 0.667. The lowest BCUT2D eigenvalue weighted by molar-refractivity contribution is 0.626. The zero-order valence-electron chi connectivity index (χ0n) is 6.50. The van der Waals surface area contributed by atoms with Crippen molar-refractivity contribution in [1.82, 2.24) is 4.90 Å². The highest BCUT2D eigenvalue weighted by atomic mass is 79.9. The molecule has 3 N–H and O–H groups in total. The molecule has 0 amide bonds. The highest BCUT2D eigenvalue weighted by Gasteiger charge is 2.27. The van der Waals surface area contributed by atoms with E-state index in [0.29, 0.717) is 11.8 Å². The molecule has 0 aromatic heterocycles. The van der Waals surface area contributed by atoms with Crippen LogP contribution < -0.4 is 5.73 Å². The first-order valence-corrected chi connectivity index (χ1v) is 4.25. The van der Waals surface area contributed by atoms with Crippen LogP contribution in [0, 0.1) is 5.41 Å². The summed E-state index contributed by atoms with van der Waals surface area (Å²) in [5.41, 5.74) is 5.54. The van der Waals surface area contributed by atoms with Crippen molar-refractivity contribution >= 4 is 27.7 Å². The van der Waals surface area contributed by atoms with Crippen LogP contribution in [0.4, 0.5) is 0 Å². The molecule has 2 atom stereocenters. The topological polar surface area (TPSA) is 65.5 Å². The summed E-state index contributed by atoms with van der Waals surface area (Å²) in [6.45, 7) is 1.92. The third-order valence-corrected chi connectivity index (χ3v) is 2.92. The van der Waals surface area contributed by atoms with Crippen LogP contribution in [0.25, 0.3) is 0 Å². The lowest BCUT2D eigenvalue weighted by Gasteiger charge is -2.30. The number of aliphatic imine (C=N–C) groups is 1. The van der Waals surface area contributed by atoms with Crippen molar-refractivity contribution in [3.05, 3.63) is 0 Å². The second-order valence-electron chi connectivity index (χ2n) is 2.57. The summed E-state index contributed by atoms with van der Waals surface area (Å²) >= 11 is 3.36. The molecule has 0 fully saturated rings. The van der Waals surface area contributed by atoms with Crippen molar-refractivity contribution in [2.24, 2.45) is 10.7 Å². The van der Waals surface area contributed by atoms with E-state index in [1.807, 2.05) is 6.92 Å². The predicted octanol–water partition coefficient (Wildman–Crippen LogP) is 0.376. The third-order valence-electron chi connectivity index (χ3n) is 1.73. The summed E-state index contributed by atoms with van der Waals surface area (Å²) < 4.78 is 0. The summed E-state index contributed by atoms with van der Waals surface area (Å²) in [7, 11) is 1.74. The molecule has 1 heterocycles. The fourth-order valence-electron chi connectivity index (χ4n) is 0.898. The van der Waals surface area contributed by atoms with Gasteiger partial charge in [0.05, 0.1) is 10.9 Å². The van der Waals surface area contributed by atoms with E-state index >= 15 is 0 Å². The zero-order valence-corrected chi connectivity index (χ0v) is 8.09. The molecule has 62 valence electrons. The van der Waals surface area contributed by atoms with Gasteiger partial charge in [0.15, 0.2) is 5.96 Å². The SMILES string of the molecule is CC1N=C(N)N(C)C(=N)C1Br. The van der Waals surface area contributed by atoms with Gasteiger partial charge in [-0.3, -0.25) is 5.41 Å². The molecule has 1 aliphatic rings. The van der Waals surface area contributed by atoms with Gasteiger partial charge in [0.1, 0.15) is 5.84 Å². The van der Waals surface area contributed by atoms with E-state index in [1.54, 1.807) is 11.9 Å². The Bertz CT molecular complexity index is 213. The maximum atomic E-state index is 7.58. The van der Waals surface area contributed by atoms with Crippen molar-refractivity contribution in [2.75, 3.05) is 7.05 Å². The first-order chi connectivity index (χ1) is 5.04. The molecule has 1 aliphatic heterocycles. The van der Waals surface area contributed by atoms with Crippen LogP contribution in [0.3, 0.4) is 0 Å². The first kappa shape index (κ1) is 8.52. The fourth-order valence-corrected chi connectivity index (χ4v) is 1.32. The average Bonchev–Trinajstić information content (AvgIpc) is 1.97. The summed E-state index contributed by atoms with van der Waals surface area (Å²) in [5, 5.41) is 7.58. The van der Waals surface area contributed by atoms with Crippen LogP contribution >= 0.6 is 15.9 Å². The molecule has 0 aromatic carbocycles. The van der Waals surface area contributed by atoms with E-state index in [9.17, 15) is 0 Å². The van der Waals surface area contributed by atoms with Crippen molar-refractivity contribution in [3.63, 3.8) is 0 Å². The van der Waals surface area contributed by atoms with Crippen LogP contribution in [-0.4, -0.2) is 34.6 Å². The quantitative estimate of drug-likeness (QED) is 0.578. The molecule has 5 heteroatoms. The summed E-state index contributed by atoms with van der Waals surface area (Å²) in [5.74, 6) is 0.878. The van der Waals surface area contributed by atoms with Crippen LogP contribution in [0.2, 0.25) is 0 Å². The Balaban J connectivity index is 2.92. The molecule has 0 saturated carbocycles. The van der Waals surface area contributed by atoms with Gasteiger partial charge in [-0.15, -0.1) is 0 Å². The predicted molar refractivity (Wildman–Crippen MR) is 49.3 cm³/mol. The molecule has 1 rings (SSSR count). The largest absolute Gasteiger partial charge is 0.369 e. The number of hydrogen-bond acceptors (Lipinski definition) is 3. The zero-order chi connectivity index (χ0) is 8.59. The number of hydrogen-bond donors (Lipinski definition) is 2. The maximum Gasteiger partial charge on any atom is 0.196 e. The third kappa shape index (κ3) is 1.38. The van der Waals surface area contributed by atoms with Gasteiger partial charge >= 0.3 is 0 Å². The molecule has 0 aliphatic carbocycles. The number of halogens is 1. The van der Waals surface area contributed by atoms with Crippen molar-refractivity contribution in [1.29, 1.82) is 5.41 Å². The van der Waals surface area contributed by atoms with Crippen LogP contribution in [0.15, 0.2) is 4.99 Å². The van der Waals surface area contributed by atoms with Gasteiger partial charge < -0.3 is 10.6 Å². The Morgan fingerprint density at radius 3 is 2.82 bits per heavy atom. The number of alkyl halides is 1. The van der Waals surface area contributed by atoms with E-state index in [-0.39, 0.29) is 10.9 Å². The van der Waals surface area contributed by atoms with Gasteiger partial charge in [0.2, 0.25) is 0 Å². The minimum atomic E-state index is -0.0141. The smallest absolute Gasteiger partial charge is 0.196 e. The van der Waals surface area contributed by atoms with Gasteiger partial charge in [-0.2, -0.15) is 0 Å². The van der Waals surface area contributed by atoms with Crippen molar-refractivity contribution in [2.45, 2.75) is 17.8 Å². The van der Waals surface area contributed by atoms with Gasteiger partial charge in [-0.1, -0.05) is 15.9 Å². The van der Waals surface area contributed by atoms with E-state index in [4.69, 9.17) is 11.1 Å². The first-order valence-electron chi connectivity index (χ1n) is 3.33. The number of amidine groups is 1. The monoisotopic (exact) mass is 218 g/mol. The minimum Gasteiger partial charge on any atom is -0.369 e. The van der Waals surface area contributed by atoms with Gasteiger partial charge in [-0.25, -0.2) is 4.99 Å². The molecule has 0 bridgehead atoms. The normalized spacial score (nSPS) is 32.1. The standard InChI is InChI=1S/C6H11BrN4/c1-3-4(7)5(8)11(2)6(9)10-3/h3-4,8H,1-2H3,(H2,9,10). The van der Waals surface area contributed by atoms with Gasteiger partial charge in [0.25, 0.3) is 0 Å². The van der Waals surface area contributed by atoms with E-state index in [0.717, 1.165) is 0 Å². The summed E-state index contributed by atoms with van der Waals surface area (Å²) in [4.78, 5) is 5.68. The van der Waals surface area contributed by atoms with E-state index in [2.05, 4.69) is 20.9 Å². The number of rotatable bonds is 0. The molecule has 0 saturated heterocycles. The molecule has 0 radical (unpaired) electrons. The minimum absolute atomic E-state index is 0.0141. The van der Waals surface area contributed by atoms with E-state index in [1.165, 1.54) is 0 Å². The maximum absolute atomic E-state index is 7.58. The Morgan fingerprint density at radius 1 is 1.73 bits per heavy atom. The van der Waals surface area contributed by atoms with Crippen molar-refractivity contribution < 1.29 is 0 Å². The highest BCUT2D eigenvalue weighted by molar-refractivity contribution is 9.10. The van der Waals surface area contributed by atoms with Crippen LogP contribution in [0.1, 0.15) is 6.92 Å². The number of nitrogens with one attached hydrogen (secondary N) is 1. The Morgan fingerprint density at radius 2 is 2.27 bits per heavy atom. The Labute approximate surface area is 74.1 Å². The van der Waals surface area contributed by atoms with E-state index < -0.39 is 0 Å². The molecular weight excluding hydrogens is 208 g/mol. The molecule has 11 heavy (non-hydrogen) atoms. The molecule has 4 nitrogen and oxygen atoms in total. The summed E-state index contributed by atoms with van der Waals surface area (Å²) in [6.07, 6.45) is 0. The second-order valence-corrected chi connectivity index (χ2v) is 3.56. The summed E-state index contributed by atoms with van der Waals surface area (Å²) in [6, 6.07) is 0.0544. The van der Waals surface area contributed by atoms with Crippen molar-refractivity contribution in [3.8, 4) is 0 Å². The lowest BCUT2D eigenvalue weighted by atomic mass is 10.2. The Kier molecular flexibility index (Phi) is 2.17.